The number of hydrogen-bond acceptors (Lipinski definition) is 8. The molecule has 0 atom stereocenters. The van der Waals surface area contributed by atoms with Gasteiger partial charge in [0, 0.05) is 41.0 Å². The molecular weight excluding hydrogens is 354 g/mol. The lowest BCUT2D eigenvalue weighted by atomic mass is 9.89. The Kier molecular flexibility index (Phi) is 5.09. The molecule has 2 aliphatic rings. The van der Waals surface area contributed by atoms with Gasteiger partial charge in [-0.3, -0.25) is 9.69 Å². The Balaban J connectivity index is 1.65. The van der Waals surface area contributed by atoms with Crippen LogP contribution in [0.1, 0.15) is 43.5 Å². The Morgan fingerprint density at radius 3 is 1.96 bits per heavy atom. The third-order valence-corrected chi connectivity index (χ3v) is 5.86. The van der Waals surface area contributed by atoms with Gasteiger partial charge >= 0.3 is 0 Å². The number of ketones is 1. The van der Waals surface area contributed by atoms with Crippen LogP contribution in [-0.2, 0) is 4.79 Å². The Morgan fingerprint density at radius 1 is 0.920 bits per heavy atom. The minimum atomic E-state index is 0.0908. The lowest BCUT2D eigenvalue weighted by molar-refractivity contribution is -0.113. The van der Waals surface area contributed by atoms with Crippen molar-refractivity contribution in [3.63, 3.8) is 0 Å². The first kappa shape index (κ1) is 16.7. The minimum Gasteiger partial charge on any atom is -0.292 e. The van der Waals surface area contributed by atoms with Gasteiger partial charge in [-0.1, -0.05) is 28.2 Å². The van der Waals surface area contributed by atoms with E-state index in [1.807, 2.05) is 22.9 Å². The topological polar surface area (TPSA) is 71.9 Å². The van der Waals surface area contributed by atoms with Crippen LogP contribution in [-0.4, -0.2) is 49.0 Å². The van der Waals surface area contributed by atoms with Gasteiger partial charge in [0.25, 0.3) is 0 Å². The molecule has 2 aromatic rings. The third kappa shape index (κ3) is 3.91. The summed E-state index contributed by atoms with van der Waals surface area (Å²) in [6, 6.07) is 0.552. The second-order valence-corrected chi connectivity index (χ2v) is 7.74. The van der Waals surface area contributed by atoms with Gasteiger partial charge in [0.15, 0.2) is 5.78 Å². The molecule has 25 heavy (non-hydrogen) atoms. The summed E-state index contributed by atoms with van der Waals surface area (Å²) in [5, 5.41) is 11.9. The highest BCUT2D eigenvalue weighted by Crippen LogP contribution is 2.29. The van der Waals surface area contributed by atoms with E-state index in [4.69, 9.17) is 0 Å². The van der Waals surface area contributed by atoms with Crippen LogP contribution >= 0.6 is 23.1 Å². The van der Waals surface area contributed by atoms with E-state index >= 15 is 0 Å². The minimum absolute atomic E-state index is 0.0908. The largest absolute Gasteiger partial charge is 0.292 e. The van der Waals surface area contributed by atoms with Crippen LogP contribution in [0.2, 0.25) is 0 Å². The molecule has 1 saturated carbocycles. The first-order valence-corrected chi connectivity index (χ1v) is 10.2. The quantitative estimate of drug-likeness (QED) is 0.770. The number of aromatic nitrogens is 4. The Bertz CT molecular complexity index is 720. The normalized spacial score (nSPS) is 23.6. The van der Waals surface area contributed by atoms with Gasteiger partial charge in [0.05, 0.1) is 11.4 Å². The molecule has 2 aromatic heterocycles. The van der Waals surface area contributed by atoms with Gasteiger partial charge in [0.1, 0.15) is 0 Å². The van der Waals surface area contributed by atoms with Crippen LogP contribution < -0.4 is 0 Å². The second-order valence-electron chi connectivity index (χ2n) is 6.52. The highest BCUT2D eigenvalue weighted by molar-refractivity contribution is 7.03. The van der Waals surface area contributed by atoms with Crippen molar-refractivity contribution in [2.75, 3.05) is 13.1 Å². The van der Waals surface area contributed by atoms with E-state index in [1.165, 1.54) is 55.2 Å². The predicted octanol–water partition coefficient (Wildman–Crippen LogP) is 3.07. The number of rotatable bonds is 3. The molecule has 1 aliphatic carbocycles. The maximum atomic E-state index is 13.0. The van der Waals surface area contributed by atoms with Crippen molar-refractivity contribution in [3.8, 4) is 0 Å². The molecule has 3 heterocycles. The number of piperidine rings is 1. The van der Waals surface area contributed by atoms with Crippen LogP contribution in [0, 0.1) is 0 Å². The number of nitrogens with zero attached hydrogens (tertiary/aromatic N) is 5. The lowest BCUT2D eigenvalue weighted by Gasteiger charge is -2.38. The molecule has 130 valence electrons. The number of likely N-dealkylation sites (tertiary alicyclic amines) is 1. The van der Waals surface area contributed by atoms with Crippen LogP contribution in [0.5, 0.6) is 0 Å². The Hall–Kier alpha value is -1.77. The fourth-order valence-corrected chi connectivity index (χ4v) is 4.42. The molecule has 8 heteroatoms. The van der Waals surface area contributed by atoms with E-state index in [2.05, 4.69) is 24.1 Å². The Morgan fingerprint density at radius 2 is 1.48 bits per heavy atom. The van der Waals surface area contributed by atoms with Crippen LogP contribution in [0.15, 0.2) is 21.9 Å². The van der Waals surface area contributed by atoms with E-state index in [0.717, 1.165) is 22.5 Å². The van der Waals surface area contributed by atoms with E-state index in [9.17, 15) is 4.79 Å². The molecule has 0 radical (unpaired) electrons. The molecule has 1 aliphatic heterocycles. The van der Waals surface area contributed by atoms with Gasteiger partial charge in [-0.15, -0.1) is 10.2 Å². The average molecular weight is 374 g/mol. The van der Waals surface area contributed by atoms with Crippen LogP contribution in [0.25, 0.3) is 12.2 Å². The molecule has 0 spiro atoms. The van der Waals surface area contributed by atoms with E-state index in [-0.39, 0.29) is 5.78 Å². The van der Waals surface area contributed by atoms with E-state index < -0.39 is 0 Å². The van der Waals surface area contributed by atoms with Gasteiger partial charge in [-0.25, -0.2) is 0 Å². The zero-order valence-electron chi connectivity index (χ0n) is 13.8. The number of carbonyl (C=O) groups is 1. The molecule has 2 fully saturated rings. The highest BCUT2D eigenvalue weighted by Gasteiger charge is 2.31. The Labute approximate surface area is 154 Å². The van der Waals surface area contributed by atoms with Crippen molar-refractivity contribution in [2.45, 2.75) is 38.1 Å². The summed E-state index contributed by atoms with van der Waals surface area (Å²) in [7, 11) is 0. The molecule has 1 saturated heterocycles. The van der Waals surface area contributed by atoms with Crippen molar-refractivity contribution < 1.29 is 4.79 Å². The zero-order valence-corrected chi connectivity index (χ0v) is 15.4. The van der Waals surface area contributed by atoms with Crippen molar-refractivity contribution in [2.24, 2.45) is 0 Å². The molecule has 0 unspecified atom stereocenters. The van der Waals surface area contributed by atoms with Gasteiger partial charge in [-0.2, -0.15) is 0 Å². The summed E-state index contributed by atoms with van der Waals surface area (Å²) in [6.07, 6.45) is 10.1. The summed E-state index contributed by atoms with van der Waals surface area (Å²) in [5.41, 5.74) is 3.10. The molecule has 0 amide bonds. The number of Topliss-reactive ketones (excluding diaryl/α,β-unsaturated/α-hetero) is 1. The molecule has 6 nitrogen and oxygen atoms in total. The van der Waals surface area contributed by atoms with Gasteiger partial charge in [-0.05, 0) is 48.1 Å². The summed E-state index contributed by atoms with van der Waals surface area (Å²) in [5.74, 6) is 0.0908. The maximum Gasteiger partial charge on any atom is 0.187 e. The number of hydrogen-bond donors (Lipinski definition) is 0. The molecular formula is C17H19N5OS2. The second kappa shape index (κ2) is 7.63. The maximum absolute atomic E-state index is 13.0. The van der Waals surface area contributed by atoms with Crippen molar-refractivity contribution in [1.29, 1.82) is 0 Å². The van der Waals surface area contributed by atoms with Crippen LogP contribution in [0.3, 0.4) is 0 Å². The molecule has 0 bridgehead atoms. The summed E-state index contributed by atoms with van der Waals surface area (Å²) in [6.45, 7) is 1.38. The van der Waals surface area contributed by atoms with Crippen LogP contribution in [0.4, 0.5) is 0 Å². The van der Waals surface area contributed by atoms with E-state index in [1.54, 1.807) is 0 Å². The van der Waals surface area contributed by atoms with Crippen molar-refractivity contribution >= 4 is 41.0 Å². The summed E-state index contributed by atoms with van der Waals surface area (Å²) >= 11 is 2.60. The van der Waals surface area contributed by atoms with Gasteiger partial charge < -0.3 is 0 Å². The fourth-order valence-electron chi connectivity index (χ4n) is 3.60. The highest BCUT2D eigenvalue weighted by atomic mass is 32.1. The van der Waals surface area contributed by atoms with Crippen molar-refractivity contribution in [1.82, 2.24) is 24.1 Å². The SMILES string of the molecule is O=C1/C(=C/c2csnn2)CN(C2CCCCC2)C/C1=C\c1csnn1. The van der Waals surface area contributed by atoms with Gasteiger partial charge in [0.2, 0.25) is 0 Å². The van der Waals surface area contributed by atoms with E-state index in [0.29, 0.717) is 19.1 Å². The fraction of sp³-hybridized carbons (Fsp3) is 0.471. The monoisotopic (exact) mass is 373 g/mol. The third-order valence-electron chi connectivity index (χ3n) is 4.82. The van der Waals surface area contributed by atoms with Crippen molar-refractivity contribution in [3.05, 3.63) is 33.3 Å². The predicted molar refractivity (Wildman–Crippen MR) is 99.2 cm³/mol. The first-order valence-electron chi connectivity index (χ1n) is 8.53. The molecule has 0 aromatic carbocycles. The zero-order chi connectivity index (χ0) is 17.1. The average Bonchev–Trinajstić information content (AvgIpc) is 3.33. The lowest BCUT2D eigenvalue weighted by Crippen LogP contribution is -2.44. The summed E-state index contributed by atoms with van der Waals surface area (Å²) in [4.78, 5) is 15.4. The standard InChI is InChI=1S/C17H19N5OS2/c23-17-12(6-14-10-24-20-18-14)8-22(16-4-2-1-3-5-16)9-13(17)7-15-11-25-21-19-15/h6-7,10-11,16H,1-5,8-9H2/b12-6+,13-7+. The smallest absolute Gasteiger partial charge is 0.187 e. The first-order chi connectivity index (χ1) is 12.3. The molecule has 0 N–H and O–H groups in total. The number of carbonyl (C=O) groups excluding carboxylic acids is 1. The molecule has 4 rings (SSSR count). The summed E-state index contributed by atoms with van der Waals surface area (Å²) < 4.78 is 7.78.